The van der Waals surface area contributed by atoms with Gasteiger partial charge in [-0.25, -0.2) is 4.79 Å². The molecule has 0 bridgehead atoms. The average Bonchev–Trinajstić information content (AvgIpc) is 2.45. The molecule has 1 atom stereocenters. The zero-order valence-electron chi connectivity index (χ0n) is 11.7. The zero-order valence-corrected chi connectivity index (χ0v) is 11.7. The number of nitrogens with one attached hydrogen (secondary N) is 2. The van der Waals surface area contributed by atoms with Crippen LogP contribution in [0, 0.1) is 0 Å². The molecule has 1 aliphatic rings. The van der Waals surface area contributed by atoms with Gasteiger partial charge in [0.05, 0.1) is 6.42 Å². The number of amides is 2. The Morgan fingerprint density at radius 2 is 2.00 bits per heavy atom. The predicted molar refractivity (Wildman–Crippen MR) is 75.9 cm³/mol. The Balaban J connectivity index is 1.94. The summed E-state index contributed by atoms with van der Waals surface area (Å²) >= 11 is 0. The molecule has 0 fully saturated rings. The van der Waals surface area contributed by atoms with Crippen LogP contribution in [0.3, 0.4) is 0 Å². The first-order valence-corrected chi connectivity index (χ1v) is 6.77. The highest BCUT2D eigenvalue weighted by molar-refractivity contribution is 5.90. The Labute approximate surface area is 122 Å². The molecule has 0 saturated heterocycles. The third-order valence-electron chi connectivity index (χ3n) is 3.05. The Bertz CT molecular complexity index is 532. The summed E-state index contributed by atoms with van der Waals surface area (Å²) in [6, 6.07) is 4.25. The number of aliphatic carboxylic acids is 1. The van der Waals surface area contributed by atoms with Gasteiger partial charge in [-0.1, -0.05) is 6.92 Å². The lowest BCUT2D eigenvalue weighted by molar-refractivity contribution is -0.137. The van der Waals surface area contributed by atoms with Crippen molar-refractivity contribution in [3.8, 4) is 11.5 Å². The van der Waals surface area contributed by atoms with Crippen molar-refractivity contribution in [1.82, 2.24) is 5.32 Å². The predicted octanol–water partition coefficient (Wildman–Crippen LogP) is 1.83. The van der Waals surface area contributed by atoms with Crippen molar-refractivity contribution < 1.29 is 24.2 Å². The summed E-state index contributed by atoms with van der Waals surface area (Å²) in [5.74, 6) is 0.280. The monoisotopic (exact) mass is 294 g/mol. The number of benzene rings is 1. The second-order valence-electron chi connectivity index (χ2n) is 4.66. The van der Waals surface area contributed by atoms with Crippen molar-refractivity contribution in [2.24, 2.45) is 0 Å². The van der Waals surface area contributed by atoms with E-state index in [1.165, 1.54) is 0 Å². The minimum absolute atomic E-state index is 0.106. The van der Waals surface area contributed by atoms with E-state index in [9.17, 15) is 9.59 Å². The van der Waals surface area contributed by atoms with E-state index in [4.69, 9.17) is 14.6 Å². The van der Waals surface area contributed by atoms with E-state index in [0.29, 0.717) is 36.8 Å². The van der Waals surface area contributed by atoms with Crippen molar-refractivity contribution in [1.29, 1.82) is 0 Å². The van der Waals surface area contributed by atoms with Crippen LogP contribution in [0.25, 0.3) is 0 Å². The molecular formula is C14H18N2O5. The van der Waals surface area contributed by atoms with Crippen LogP contribution < -0.4 is 20.1 Å². The van der Waals surface area contributed by atoms with Crippen molar-refractivity contribution in [2.45, 2.75) is 25.8 Å². The van der Waals surface area contributed by atoms with E-state index in [1.807, 2.05) is 6.92 Å². The number of carboxylic acid groups (broad SMARTS) is 1. The van der Waals surface area contributed by atoms with Gasteiger partial charge >= 0.3 is 12.0 Å². The van der Waals surface area contributed by atoms with Crippen LogP contribution in [0.5, 0.6) is 11.5 Å². The zero-order chi connectivity index (χ0) is 15.2. The van der Waals surface area contributed by atoms with Crippen LogP contribution in [-0.2, 0) is 4.79 Å². The molecule has 0 radical (unpaired) electrons. The van der Waals surface area contributed by atoms with Crippen LogP contribution >= 0.6 is 0 Å². The lowest BCUT2D eigenvalue weighted by atomic mass is 10.1. The number of anilines is 1. The quantitative estimate of drug-likeness (QED) is 0.770. The number of rotatable bonds is 5. The lowest BCUT2D eigenvalue weighted by Gasteiger charge is -2.19. The largest absolute Gasteiger partial charge is 0.486 e. The molecule has 1 heterocycles. The summed E-state index contributed by atoms with van der Waals surface area (Å²) in [5, 5.41) is 14.0. The van der Waals surface area contributed by atoms with Gasteiger partial charge < -0.3 is 25.2 Å². The second kappa shape index (κ2) is 6.83. The van der Waals surface area contributed by atoms with Crippen LogP contribution in [0.4, 0.5) is 10.5 Å². The summed E-state index contributed by atoms with van der Waals surface area (Å²) in [7, 11) is 0. The first kappa shape index (κ1) is 15.0. The lowest BCUT2D eigenvalue weighted by Crippen LogP contribution is -2.38. The van der Waals surface area contributed by atoms with E-state index in [2.05, 4.69) is 10.6 Å². The molecule has 7 heteroatoms. The van der Waals surface area contributed by atoms with Gasteiger partial charge in [0.1, 0.15) is 13.2 Å². The Morgan fingerprint density at radius 3 is 2.67 bits per heavy atom. The molecule has 1 aliphatic heterocycles. The Morgan fingerprint density at radius 1 is 1.29 bits per heavy atom. The van der Waals surface area contributed by atoms with E-state index in [0.717, 1.165) is 0 Å². The molecule has 2 rings (SSSR count). The number of ether oxygens (including phenoxy) is 2. The molecule has 1 aromatic carbocycles. The Hall–Kier alpha value is -2.44. The summed E-state index contributed by atoms with van der Waals surface area (Å²) in [6.45, 7) is 2.80. The molecule has 3 N–H and O–H groups in total. The fourth-order valence-electron chi connectivity index (χ4n) is 1.98. The first-order valence-electron chi connectivity index (χ1n) is 6.77. The van der Waals surface area contributed by atoms with Gasteiger partial charge in [-0.05, 0) is 18.6 Å². The molecule has 114 valence electrons. The van der Waals surface area contributed by atoms with E-state index >= 15 is 0 Å². The summed E-state index contributed by atoms with van der Waals surface area (Å²) in [6.07, 6.45) is 0.436. The third-order valence-corrected chi connectivity index (χ3v) is 3.05. The fraction of sp³-hybridized carbons (Fsp3) is 0.429. The van der Waals surface area contributed by atoms with Crippen molar-refractivity contribution >= 4 is 17.7 Å². The number of carboxylic acids is 1. The molecule has 1 unspecified atom stereocenters. The number of carbonyl (C=O) groups is 2. The molecule has 0 saturated carbocycles. The summed E-state index contributed by atoms with van der Waals surface area (Å²) in [4.78, 5) is 22.5. The average molecular weight is 294 g/mol. The van der Waals surface area contributed by atoms with E-state index < -0.39 is 18.0 Å². The van der Waals surface area contributed by atoms with Crippen LogP contribution in [0.15, 0.2) is 18.2 Å². The fourth-order valence-corrected chi connectivity index (χ4v) is 1.98. The van der Waals surface area contributed by atoms with Crippen molar-refractivity contribution in [3.05, 3.63) is 18.2 Å². The highest BCUT2D eigenvalue weighted by Gasteiger charge is 2.16. The number of hydrogen-bond acceptors (Lipinski definition) is 4. The smallest absolute Gasteiger partial charge is 0.319 e. The number of urea groups is 1. The number of fused-ring (bicyclic) bond motifs is 1. The number of carbonyl (C=O) groups excluding carboxylic acids is 1. The van der Waals surface area contributed by atoms with E-state index in [1.54, 1.807) is 18.2 Å². The normalized spacial score (nSPS) is 14.1. The third kappa shape index (κ3) is 4.27. The van der Waals surface area contributed by atoms with Gasteiger partial charge in [-0.15, -0.1) is 0 Å². The highest BCUT2D eigenvalue weighted by atomic mass is 16.6. The second-order valence-corrected chi connectivity index (χ2v) is 4.66. The molecule has 0 spiro atoms. The molecule has 0 aliphatic carbocycles. The van der Waals surface area contributed by atoms with Crippen LogP contribution in [0.2, 0.25) is 0 Å². The summed E-state index contributed by atoms with van der Waals surface area (Å²) < 4.78 is 10.8. The molecule has 21 heavy (non-hydrogen) atoms. The minimum Gasteiger partial charge on any atom is -0.486 e. The first-order chi connectivity index (χ1) is 10.1. The van der Waals surface area contributed by atoms with Crippen molar-refractivity contribution in [2.75, 3.05) is 18.5 Å². The van der Waals surface area contributed by atoms with Gasteiger partial charge in [0.15, 0.2) is 11.5 Å². The van der Waals surface area contributed by atoms with Gasteiger partial charge in [-0.2, -0.15) is 0 Å². The van der Waals surface area contributed by atoms with Crippen LogP contribution in [0.1, 0.15) is 19.8 Å². The SMILES string of the molecule is CCC(CC(=O)O)NC(=O)Nc1ccc2c(c1)OCCO2. The molecular weight excluding hydrogens is 276 g/mol. The minimum atomic E-state index is -0.943. The topological polar surface area (TPSA) is 96.9 Å². The molecule has 2 amide bonds. The molecule has 0 aromatic heterocycles. The number of hydrogen-bond donors (Lipinski definition) is 3. The van der Waals surface area contributed by atoms with Gasteiger partial charge in [0.2, 0.25) is 0 Å². The molecule has 1 aromatic rings. The van der Waals surface area contributed by atoms with Crippen molar-refractivity contribution in [3.63, 3.8) is 0 Å². The van der Waals surface area contributed by atoms with Gasteiger partial charge in [0, 0.05) is 17.8 Å². The van der Waals surface area contributed by atoms with Gasteiger partial charge in [-0.3, -0.25) is 4.79 Å². The maximum Gasteiger partial charge on any atom is 0.319 e. The Kier molecular flexibility index (Phi) is 4.86. The maximum absolute atomic E-state index is 11.8. The van der Waals surface area contributed by atoms with E-state index in [-0.39, 0.29) is 6.42 Å². The summed E-state index contributed by atoms with van der Waals surface area (Å²) in [5.41, 5.74) is 0.557. The van der Waals surface area contributed by atoms with Gasteiger partial charge in [0.25, 0.3) is 0 Å². The van der Waals surface area contributed by atoms with Crippen LogP contribution in [-0.4, -0.2) is 36.4 Å². The highest BCUT2D eigenvalue weighted by Crippen LogP contribution is 2.32. The maximum atomic E-state index is 11.8. The molecule has 7 nitrogen and oxygen atoms in total. The standard InChI is InChI=1S/C14H18N2O5/c1-2-9(8-13(17)18)15-14(19)16-10-3-4-11-12(7-10)21-6-5-20-11/h3-4,7,9H,2,5-6,8H2,1H3,(H,17,18)(H2,15,16,19).